The SMILES string of the molecule is CC1CCC(C(=O)O)C(N2CCN(CCN(C)C)CC2)C1. The fraction of sp³-hybridized carbons (Fsp3) is 0.938. The largest absolute Gasteiger partial charge is 0.481 e. The highest BCUT2D eigenvalue weighted by Gasteiger charge is 2.38. The second-order valence-electron chi connectivity index (χ2n) is 7.11. The summed E-state index contributed by atoms with van der Waals surface area (Å²) < 4.78 is 0. The van der Waals surface area contributed by atoms with Crippen molar-refractivity contribution in [3.63, 3.8) is 0 Å². The highest BCUT2D eigenvalue weighted by atomic mass is 16.4. The number of hydrogen-bond donors (Lipinski definition) is 1. The fourth-order valence-electron chi connectivity index (χ4n) is 3.70. The number of carbonyl (C=O) groups is 1. The molecule has 1 heterocycles. The second-order valence-corrected chi connectivity index (χ2v) is 7.11. The molecule has 1 N–H and O–H groups in total. The van der Waals surface area contributed by atoms with Crippen LogP contribution in [0.5, 0.6) is 0 Å². The Morgan fingerprint density at radius 1 is 1.19 bits per heavy atom. The molecule has 0 radical (unpaired) electrons. The Bertz CT molecular complexity index is 340. The molecule has 5 nitrogen and oxygen atoms in total. The summed E-state index contributed by atoms with van der Waals surface area (Å²) in [5.74, 6) is -0.0890. The molecule has 3 atom stereocenters. The van der Waals surface area contributed by atoms with Crippen molar-refractivity contribution in [3.8, 4) is 0 Å². The molecule has 1 aliphatic carbocycles. The molecule has 3 unspecified atom stereocenters. The van der Waals surface area contributed by atoms with Gasteiger partial charge in [-0.25, -0.2) is 0 Å². The van der Waals surface area contributed by atoms with Crippen LogP contribution in [0.3, 0.4) is 0 Å². The predicted octanol–water partition coefficient (Wildman–Crippen LogP) is 1.06. The molecule has 1 saturated carbocycles. The smallest absolute Gasteiger partial charge is 0.308 e. The molecule has 2 rings (SSSR count). The lowest BCUT2D eigenvalue weighted by atomic mass is 9.78. The number of aliphatic carboxylic acids is 1. The molecule has 2 fully saturated rings. The van der Waals surface area contributed by atoms with Crippen molar-refractivity contribution in [2.45, 2.75) is 32.2 Å². The maximum absolute atomic E-state index is 11.5. The first-order chi connectivity index (χ1) is 9.97. The lowest BCUT2D eigenvalue weighted by Gasteiger charge is -2.44. The zero-order valence-corrected chi connectivity index (χ0v) is 13.8. The fourth-order valence-corrected chi connectivity index (χ4v) is 3.70. The number of rotatable bonds is 5. The van der Waals surface area contributed by atoms with Crippen molar-refractivity contribution < 1.29 is 9.90 Å². The Hall–Kier alpha value is -0.650. The number of hydrogen-bond acceptors (Lipinski definition) is 4. The van der Waals surface area contributed by atoms with Crippen LogP contribution in [0.4, 0.5) is 0 Å². The van der Waals surface area contributed by atoms with Crippen molar-refractivity contribution in [2.75, 3.05) is 53.4 Å². The summed E-state index contributed by atoms with van der Waals surface area (Å²) in [6.45, 7) is 8.67. The van der Waals surface area contributed by atoms with E-state index in [2.05, 4.69) is 35.7 Å². The zero-order chi connectivity index (χ0) is 15.4. The average molecular weight is 297 g/mol. The molecule has 0 spiro atoms. The zero-order valence-electron chi connectivity index (χ0n) is 13.8. The van der Waals surface area contributed by atoms with Gasteiger partial charge in [0.2, 0.25) is 0 Å². The van der Waals surface area contributed by atoms with E-state index in [0.29, 0.717) is 5.92 Å². The van der Waals surface area contributed by atoms with Crippen LogP contribution in [0, 0.1) is 11.8 Å². The number of nitrogens with zero attached hydrogens (tertiary/aromatic N) is 3. The normalized spacial score (nSPS) is 32.5. The van der Waals surface area contributed by atoms with Gasteiger partial charge in [-0.3, -0.25) is 14.6 Å². The van der Waals surface area contributed by atoms with Crippen LogP contribution in [0.25, 0.3) is 0 Å². The summed E-state index contributed by atoms with van der Waals surface area (Å²) in [5, 5.41) is 9.48. The third-order valence-corrected chi connectivity index (χ3v) is 5.14. The first-order valence-electron chi connectivity index (χ1n) is 8.31. The van der Waals surface area contributed by atoms with Gasteiger partial charge in [0.25, 0.3) is 0 Å². The number of carboxylic acid groups (broad SMARTS) is 1. The van der Waals surface area contributed by atoms with Gasteiger partial charge < -0.3 is 10.0 Å². The van der Waals surface area contributed by atoms with Crippen LogP contribution < -0.4 is 0 Å². The van der Waals surface area contributed by atoms with E-state index in [4.69, 9.17) is 0 Å². The minimum atomic E-state index is -0.595. The van der Waals surface area contributed by atoms with Crippen LogP contribution in [0.15, 0.2) is 0 Å². The van der Waals surface area contributed by atoms with Crippen molar-refractivity contribution in [1.82, 2.24) is 14.7 Å². The molecule has 0 aromatic carbocycles. The molecule has 0 amide bonds. The summed E-state index contributed by atoms with van der Waals surface area (Å²) in [5.41, 5.74) is 0. The van der Waals surface area contributed by atoms with Crippen LogP contribution in [0.2, 0.25) is 0 Å². The van der Waals surface area contributed by atoms with Gasteiger partial charge in [-0.2, -0.15) is 0 Å². The molecule has 122 valence electrons. The summed E-state index contributed by atoms with van der Waals surface area (Å²) in [6.07, 6.45) is 2.97. The number of piperazine rings is 1. The standard InChI is InChI=1S/C16H31N3O2/c1-13-4-5-14(16(20)21)15(12-13)19-10-8-18(9-11-19)7-6-17(2)3/h13-15H,4-12H2,1-3H3,(H,20,21). The summed E-state index contributed by atoms with van der Waals surface area (Å²) in [7, 11) is 4.22. The molecule has 1 saturated heterocycles. The van der Waals surface area contributed by atoms with Gasteiger partial charge in [0.1, 0.15) is 0 Å². The third kappa shape index (κ3) is 4.66. The van der Waals surface area contributed by atoms with Gasteiger partial charge in [0.05, 0.1) is 5.92 Å². The third-order valence-electron chi connectivity index (χ3n) is 5.14. The molecule has 1 aliphatic heterocycles. The lowest BCUT2D eigenvalue weighted by Crippen LogP contribution is -2.55. The van der Waals surface area contributed by atoms with Crippen molar-refractivity contribution in [1.29, 1.82) is 0 Å². The van der Waals surface area contributed by atoms with E-state index >= 15 is 0 Å². The van der Waals surface area contributed by atoms with Crippen molar-refractivity contribution in [2.24, 2.45) is 11.8 Å². The number of likely N-dealkylation sites (N-methyl/N-ethyl adjacent to an activating group) is 1. The monoisotopic (exact) mass is 297 g/mol. The van der Waals surface area contributed by atoms with Gasteiger partial charge in [-0.05, 0) is 39.3 Å². The Morgan fingerprint density at radius 3 is 2.43 bits per heavy atom. The van der Waals surface area contributed by atoms with E-state index in [9.17, 15) is 9.90 Å². The number of carboxylic acids is 1. The highest BCUT2D eigenvalue weighted by Crippen LogP contribution is 2.32. The Balaban J connectivity index is 1.86. The van der Waals surface area contributed by atoms with Gasteiger partial charge >= 0.3 is 5.97 Å². The minimum Gasteiger partial charge on any atom is -0.481 e. The first-order valence-corrected chi connectivity index (χ1v) is 8.31. The van der Waals surface area contributed by atoms with E-state index in [1.54, 1.807) is 0 Å². The van der Waals surface area contributed by atoms with Crippen molar-refractivity contribution >= 4 is 5.97 Å². The van der Waals surface area contributed by atoms with Gasteiger partial charge in [0.15, 0.2) is 0 Å². The first kappa shape index (κ1) is 16.7. The average Bonchev–Trinajstić information content (AvgIpc) is 2.45. The molecule has 0 aromatic rings. The second kappa shape index (κ2) is 7.56. The van der Waals surface area contributed by atoms with E-state index in [0.717, 1.165) is 58.5 Å². The Morgan fingerprint density at radius 2 is 1.86 bits per heavy atom. The van der Waals surface area contributed by atoms with Crippen LogP contribution >= 0.6 is 0 Å². The predicted molar refractivity (Wildman–Crippen MR) is 84.5 cm³/mol. The van der Waals surface area contributed by atoms with Gasteiger partial charge in [-0.1, -0.05) is 6.92 Å². The maximum atomic E-state index is 11.5. The molecule has 2 aliphatic rings. The van der Waals surface area contributed by atoms with Gasteiger partial charge in [0, 0.05) is 45.3 Å². The quantitative estimate of drug-likeness (QED) is 0.822. The molecule has 0 aromatic heterocycles. The van der Waals surface area contributed by atoms with Crippen LogP contribution in [0.1, 0.15) is 26.2 Å². The topological polar surface area (TPSA) is 47.0 Å². The van der Waals surface area contributed by atoms with Crippen molar-refractivity contribution in [3.05, 3.63) is 0 Å². The Labute approximate surface area is 128 Å². The van der Waals surface area contributed by atoms with E-state index in [1.807, 2.05) is 0 Å². The lowest BCUT2D eigenvalue weighted by molar-refractivity contribution is -0.146. The summed E-state index contributed by atoms with van der Waals surface area (Å²) in [6, 6.07) is 0.252. The van der Waals surface area contributed by atoms with E-state index in [1.165, 1.54) is 0 Å². The van der Waals surface area contributed by atoms with E-state index in [-0.39, 0.29) is 12.0 Å². The maximum Gasteiger partial charge on any atom is 0.308 e. The summed E-state index contributed by atoms with van der Waals surface area (Å²) >= 11 is 0. The molecule has 21 heavy (non-hydrogen) atoms. The van der Waals surface area contributed by atoms with Gasteiger partial charge in [-0.15, -0.1) is 0 Å². The Kier molecular flexibility index (Phi) is 6.02. The molecule has 0 bridgehead atoms. The molecular weight excluding hydrogens is 266 g/mol. The molecular formula is C16H31N3O2. The van der Waals surface area contributed by atoms with E-state index < -0.39 is 5.97 Å². The summed E-state index contributed by atoms with van der Waals surface area (Å²) in [4.78, 5) is 18.7. The minimum absolute atomic E-state index is 0.158. The highest BCUT2D eigenvalue weighted by molar-refractivity contribution is 5.71. The molecule has 5 heteroatoms. The van der Waals surface area contributed by atoms with Crippen LogP contribution in [-0.2, 0) is 4.79 Å². The van der Waals surface area contributed by atoms with Crippen LogP contribution in [-0.4, -0.2) is 85.2 Å².